The molecule has 0 fully saturated rings. The van der Waals surface area contributed by atoms with Gasteiger partial charge in [-0.3, -0.25) is 14.5 Å². The minimum atomic E-state index is -0.581. The second-order valence-corrected chi connectivity index (χ2v) is 7.14. The standard InChI is InChI=1S/C25H24N2O5/c1-16-20(13-17-5-8-19(30-2)9-6-17)24(28)27(25(29)21(16)15-26)12-11-18-7-10-22(31-3)23(14-18)32-4/h5-10,13-14H,11-12H2,1-4H3/b20-13+. The largest absolute Gasteiger partial charge is 0.497 e. The van der Waals surface area contributed by atoms with Gasteiger partial charge >= 0.3 is 0 Å². The highest BCUT2D eigenvalue weighted by Crippen LogP contribution is 2.30. The van der Waals surface area contributed by atoms with E-state index in [0.29, 0.717) is 34.8 Å². The first-order valence-electron chi connectivity index (χ1n) is 9.97. The van der Waals surface area contributed by atoms with Crippen LogP contribution < -0.4 is 14.2 Å². The number of ether oxygens (including phenoxy) is 3. The fourth-order valence-electron chi connectivity index (χ4n) is 3.48. The monoisotopic (exact) mass is 432 g/mol. The molecular formula is C25H24N2O5. The predicted molar refractivity (Wildman–Crippen MR) is 119 cm³/mol. The van der Waals surface area contributed by atoms with E-state index >= 15 is 0 Å². The van der Waals surface area contributed by atoms with Crippen molar-refractivity contribution in [1.29, 1.82) is 5.26 Å². The van der Waals surface area contributed by atoms with Crippen LogP contribution >= 0.6 is 0 Å². The Hall–Kier alpha value is -4.05. The lowest BCUT2D eigenvalue weighted by atomic mass is 9.93. The van der Waals surface area contributed by atoms with Gasteiger partial charge in [-0.2, -0.15) is 5.26 Å². The number of nitrogens with zero attached hydrogens (tertiary/aromatic N) is 2. The average Bonchev–Trinajstić information content (AvgIpc) is 2.82. The average molecular weight is 432 g/mol. The smallest absolute Gasteiger partial charge is 0.271 e. The predicted octanol–water partition coefficient (Wildman–Crippen LogP) is 3.55. The van der Waals surface area contributed by atoms with Crippen LogP contribution in [-0.2, 0) is 16.0 Å². The summed E-state index contributed by atoms with van der Waals surface area (Å²) in [5, 5.41) is 9.56. The summed E-state index contributed by atoms with van der Waals surface area (Å²) in [6.45, 7) is 1.75. The third-order valence-corrected chi connectivity index (χ3v) is 5.32. The van der Waals surface area contributed by atoms with Gasteiger partial charge in [-0.05, 0) is 60.4 Å². The van der Waals surface area contributed by atoms with Crippen LogP contribution in [-0.4, -0.2) is 44.6 Å². The Morgan fingerprint density at radius 2 is 1.62 bits per heavy atom. The van der Waals surface area contributed by atoms with E-state index in [1.54, 1.807) is 58.6 Å². The van der Waals surface area contributed by atoms with Crippen molar-refractivity contribution in [1.82, 2.24) is 4.90 Å². The second kappa shape index (κ2) is 9.84. The number of rotatable bonds is 7. The van der Waals surface area contributed by atoms with Crippen LogP contribution in [0.5, 0.6) is 17.2 Å². The number of benzene rings is 2. The van der Waals surface area contributed by atoms with Gasteiger partial charge in [-0.25, -0.2) is 0 Å². The van der Waals surface area contributed by atoms with Gasteiger partial charge in [0, 0.05) is 12.1 Å². The molecule has 0 N–H and O–H groups in total. The number of hydrogen-bond acceptors (Lipinski definition) is 6. The molecule has 1 aliphatic rings. The SMILES string of the molecule is COc1ccc(/C=C2/C(=O)N(CCc3ccc(OC)c(OC)c3)C(=O)C(C#N)=C2C)cc1. The van der Waals surface area contributed by atoms with E-state index < -0.39 is 11.8 Å². The van der Waals surface area contributed by atoms with Crippen LogP contribution in [0.2, 0.25) is 0 Å². The quantitative estimate of drug-likeness (QED) is 0.491. The van der Waals surface area contributed by atoms with Gasteiger partial charge in [-0.15, -0.1) is 0 Å². The summed E-state index contributed by atoms with van der Waals surface area (Å²) in [5.41, 5.74) is 2.30. The lowest BCUT2D eigenvalue weighted by molar-refractivity contribution is -0.140. The van der Waals surface area contributed by atoms with Crippen molar-refractivity contribution in [3.05, 3.63) is 70.3 Å². The molecule has 164 valence electrons. The summed E-state index contributed by atoms with van der Waals surface area (Å²) in [4.78, 5) is 27.2. The zero-order chi connectivity index (χ0) is 23.3. The van der Waals surface area contributed by atoms with Crippen LogP contribution in [0.25, 0.3) is 6.08 Å². The Kier molecular flexibility index (Phi) is 6.96. The molecule has 0 spiro atoms. The highest BCUT2D eigenvalue weighted by atomic mass is 16.5. The van der Waals surface area contributed by atoms with Crippen molar-refractivity contribution in [2.24, 2.45) is 0 Å². The summed E-state index contributed by atoms with van der Waals surface area (Å²) in [6.07, 6.45) is 2.09. The Bertz CT molecular complexity index is 1140. The van der Waals surface area contributed by atoms with Crippen LogP contribution in [0.1, 0.15) is 18.1 Å². The van der Waals surface area contributed by atoms with E-state index in [-0.39, 0.29) is 12.1 Å². The van der Waals surface area contributed by atoms with Crippen molar-refractivity contribution in [2.45, 2.75) is 13.3 Å². The summed E-state index contributed by atoms with van der Waals surface area (Å²) >= 11 is 0. The fourth-order valence-corrected chi connectivity index (χ4v) is 3.48. The number of carbonyl (C=O) groups excluding carboxylic acids is 2. The highest BCUT2D eigenvalue weighted by Gasteiger charge is 2.35. The van der Waals surface area contributed by atoms with E-state index in [9.17, 15) is 14.9 Å². The first kappa shape index (κ1) is 22.6. The molecule has 1 aliphatic heterocycles. The lowest BCUT2D eigenvalue weighted by Crippen LogP contribution is -2.43. The lowest BCUT2D eigenvalue weighted by Gasteiger charge is -2.27. The molecule has 0 unspecified atom stereocenters. The molecule has 3 rings (SSSR count). The van der Waals surface area contributed by atoms with Crippen molar-refractivity contribution in [3.8, 4) is 23.3 Å². The second-order valence-electron chi connectivity index (χ2n) is 7.14. The van der Waals surface area contributed by atoms with Gasteiger partial charge in [0.15, 0.2) is 11.5 Å². The van der Waals surface area contributed by atoms with Crippen molar-refractivity contribution >= 4 is 17.9 Å². The minimum absolute atomic E-state index is 0.0309. The molecule has 32 heavy (non-hydrogen) atoms. The minimum Gasteiger partial charge on any atom is -0.497 e. The Balaban J connectivity index is 1.90. The highest BCUT2D eigenvalue weighted by molar-refractivity contribution is 6.19. The number of imide groups is 1. The van der Waals surface area contributed by atoms with Gasteiger partial charge in [0.05, 0.1) is 21.3 Å². The molecule has 0 aliphatic carbocycles. The molecule has 0 bridgehead atoms. The molecule has 0 saturated carbocycles. The summed E-state index contributed by atoms with van der Waals surface area (Å²) in [7, 11) is 4.67. The summed E-state index contributed by atoms with van der Waals surface area (Å²) < 4.78 is 15.7. The maximum Gasteiger partial charge on any atom is 0.271 e. The van der Waals surface area contributed by atoms with Crippen molar-refractivity contribution < 1.29 is 23.8 Å². The summed E-state index contributed by atoms with van der Waals surface area (Å²) in [6, 6.07) is 14.6. The van der Waals surface area contributed by atoms with E-state index in [2.05, 4.69) is 0 Å². The Morgan fingerprint density at radius 1 is 0.938 bits per heavy atom. The maximum absolute atomic E-state index is 13.2. The first-order valence-corrected chi connectivity index (χ1v) is 9.97. The number of carbonyl (C=O) groups is 2. The summed E-state index contributed by atoms with van der Waals surface area (Å²) in [5.74, 6) is 0.843. The molecule has 2 amide bonds. The maximum atomic E-state index is 13.2. The van der Waals surface area contributed by atoms with Crippen molar-refractivity contribution in [3.63, 3.8) is 0 Å². The van der Waals surface area contributed by atoms with Crippen LogP contribution in [0, 0.1) is 11.3 Å². The topological polar surface area (TPSA) is 88.9 Å². The van der Waals surface area contributed by atoms with E-state index in [4.69, 9.17) is 14.2 Å². The molecule has 7 nitrogen and oxygen atoms in total. The first-order chi connectivity index (χ1) is 15.4. The molecular weight excluding hydrogens is 408 g/mol. The molecule has 0 aromatic heterocycles. The molecule has 2 aromatic rings. The van der Waals surface area contributed by atoms with Gasteiger partial charge in [0.2, 0.25) is 0 Å². The van der Waals surface area contributed by atoms with E-state index in [0.717, 1.165) is 16.0 Å². The van der Waals surface area contributed by atoms with Gasteiger partial charge in [0.25, 0.3) is 11.8 Å². The van der Waals surface area contributed by atoms with E-state index in [1.807, 2.05) is 24.3 Å². The Labute approximate surface area is 187 Å². The van der Waals surface area contributed by atoms with Crippen molar-refractivity contribution in [2.75, 3.05) is 27.9 Å². The third kappa shape index (κ3) is 4.49. The van der Waals surface area contributed by atoms with E-state index in [1.165, 1.54) is 0 Å². The number of methoxy groups -OCH3 is 3. The van der Waals surface area contributed by atoms with Gasteiger partial charge in [0.1, 0.15) is 17.4 Å². The number of amides is 2. The Morgan fingerprint density at radius 3 is 2.22 bits per heavy atom. The fraction of sp³-hybridized carbons (Fsp3) is 0.240. The molecule has 0 radical (unpaired) electrons. The molecule has 0 saturated heterocycles. The normalized spacial score (nSPS) is 15.1. The molecule has 0 atom stereocenters. The van der Waals surface area contributed by atoms with Gasteiger partial charge < -0.3 is 14.2 Å². The molecule has 2 aromatic carbocycles. The van der Waals surface area contributed by atoms with Crippen LogP contribution in [0.3, 0.4) is 0 Å². The molecule has 1 heterocycles. The third-order valence-electron chi connectivity index (χ3n) is 5.32. The number of hydrogen-bond donors (Lipinski definition) is 0. The molecule has 7 heteroatoms. The zero-order valence-corrected chi connectivity index (χ0v) is 18.5. The number of nitriles is 1. The van der Waals surface area contributed by atoms with Crippen LogP contribution in [0.15, 0.2) is 59.2 Å². The van der Waals surface area contributed by atoms with Gasteiger partial charge in [-0.1, -0.05) is 18.2 Å². The zero-order valence-electron chi connectivity index (χ0n) is 18.5. The van der Waals surface area contributed by atoms with Crippen LogP contribution in [0.4, 0.5) is 0 Å².